The van der Waals surface area contributed by atoms with Crippen molar-refractivity contribution >= 4 is 35.4 Å². The van der Waals surface area contributed by atoms with E-state index in [9.17, 15) is 9.59 Å². The summed E-state index contributed by atoms with van der Waals surface area (Å²) in [5.41, 5.74) is 0.548. The maximum absolute atomic E-state index is 12.4. The molecule has 1 fully saturated rings. The third-order valence-corrected chi connectivity index (χ3v) is 6.41. The summed E-state index contributed by atoms with van der Waals surface area (Å²) in [7, 11) is 0. The highest BCUT2D eigenvalue weighted by atomic mass is 32.2. The van der Waals surface area contributed by atoms with Gasteiger partial charge < -0.3 is 10.4 Å². The molecule has 4 nitrogen and oxygen atoms in total. The minimum atomic E-state index is -0.880. The Morgan fingerprint density at radius 1 is 1.45 bits per heavy atom. The Hall–Kier alpha value is -1.14. The second-order valence-electron chi connectivity index (χ2n) is 5.68. The van der Waals surface area contributed by atoms with Crippen LogP contribution in [0.25, 0.3) is 0 Å². The summed E-state index contributed by atoms with van der Waals surface area (Å²) >= 11 is 3.10. The van der Waals surface area contributed by atoms with Gasteiger partial charge in [-0.25, -0.2) is 0 Å². The van der Waals surface area contributed by atoms with Crippen LogP contribution in [0, 0.1) is 0 Å². The Balaban J connectivity index is 2.04. The zero-order chi connectivity index (χ0) is 16.2. The normalized spacial score (nSPS) is 22.3. The fourth-order valence-electron chi connectivity index (χ4n) is 2.34. The number of hydrogen-bond donors (Lipinski definition) is 2. The van der Waals surface area contributed by atoms with Crippen LogP contribution in [0.3, 0.4) is 0 Å². The number of rotatable bonds is 6. The average Bonchev–Trinajstić information content (AvgIpc) is 2.92. The molecule has 0 aromatic heterocycles. The molecule has 1 aromatic rings. The predicted octanol–water partition coefficient (Wildman–Crippen LogP) is 3.27. The Morgan fingerprint density at radius 2 is 2.18 bits per heavy atom. The van der Waals surface area contributed by atoms with Crippen LogP contribution in [0.15, 0.2) is 29.2 Å². The van der Waals surface area contributed by atoms with Crippen molar-refractivity contribution in [3.05, 3.63) is 29.8 Å². The van der Waals surface area contributed by atoms with E-state index >= 15 is 0 Å². The van der Waals surface area contributed by atoms with Crippen molar-refractivity contribution in [1.29, 1.82) is 0 Å². The molecule has 1 aliphatic rings. The summed E-state index contributed by atoms with van der Waals surface area (Å²) in [5, 5.41) is 11.4. The zero-order valence-corrected chi connectivity index (χ0v) is 14.4. The quantitative estimate of drug-likeness (QED) is 0.779. The summed E-state index contributed by atoms with van der Waals surface area (Å²) in [6, 6.07) is 7.17. The van der Waals surface area contributed by atoms with Gasteiger partial charge in [-0.1, -0.05) is 12.1 Å². The maximum atomic E-state index is 12.4. The van der Waals surface area contributed by atoms with E-state index < -0.39 is 11.2 Å². The maximum Gasteiger partial charge on any atom is 0.316 e. The van der Waals surface area contributed by atoms with Crippen molar-refractivity contribution in [3.63, 3.8) is 0 Å². The number of aliphatic carboxylic acids is 1. The first-order valence-electron chi connectivity index (χ1n) is 7.32. The molecule has 0 aliphatic carbocycles. The van der Waals surface area contributed by atoms with Crippen LogP contribution in [0.4, 0.5) is 0 Å². The first-order chi connectivity index (χ1) is 10.4. The van der Waals surface area contributed by atoms with E-state index in [0.29, 0.717) is 17.0 Å². The monoisotopic (exact) mass is 339 g/mol. The molecule has 1 amide bonds. The lowest BCUT2D eigenvalue weighted by molar-refractivity contribution is -0.136. The molecule has 1 aromatic carbocycles. The molecule has 2 atom stereocenters. The van der Waals surface area contributed by atoms with E-state index in [4.69, 9.17) is 5.11 Å². The van der Waals surface area contributed by atoms with Crippen molar-refractivity contribution in [3.8, 4) is 0 Å². The van der Waals surface area contributed by atoms with E-state index in [1.165, 1.54) is 18.2 Å². The lowest BCUT2D eigenvalue weighted by atomic mass is 10.1. The summed E-state index contributed by atoms with van der Waals surface area (Å²) in [5.74, 6) is 0.138. The molecule has 1 heterocycles. The van der Waals surface area contributed by atoms with Crippen molar-refractivity contribution < 1.29 is 14.7 Å². The third-order valence-electron chi connectivity index (χ3n) is 3.71. The topological polar surface area (TPSA) is 66.4 Å². The second-order valence-corrected chi connectivity index (χ2v) is 8.74. The van der Waals surface area contributed by atoms with Gasteiger partial charge in [0.2, 0.25) is 0 Å². The Kier molecular flexibility index (Phi) is 5.81. The minimum Gasteiger partial charge on any atom is -0.480 e. The van der Waals surface area contributed by atoms with Crippen molar-refractivity contribution in [2.24, 2.45) is 0 Å². The van der Waals surface area contributed by atoms with E-state index in [0.717, 1.165) is 12.2 Å². The molecule has 2 N–H and O–H groups in total. The fraction of sp³-hybridized carbons (Fsp3) is 0.500. The van der Waals surface area contributed by atoms with Crippen LogP contribution >= 0.6 is 23.5 Å². The summed E-state index contributed by atoms with van der Waals surface area (Å²) < 4.78 is 0.117. The van der Waals surface area contributed by atoms with Gasteiger partial charge in [0.1, 0.15) is 5.25 Å². The standard InChI is InChI=1S/C16H21NO3S2/c1-11(15(19)20)22-13-7-4-3-6-12(13)14(18)17-10-16(2)8-5-9-21-16/h3-4,6-7,11H,5,8-10H2,1-2H3,(H,17,18)(H,19,20). The Labute approximate surface area is 139 Å². The van der Waals surface area contributed by atoms with Crippen molar-refractivity contribution in [1.82, 2.24) is 5.32 Å². The van der Waals surface area contributed by atoms with Gasteiger partial charge in [-0.15, -0.1) is 11.8 Å². The van der Waals surface area contributed by atoms with E-state index in [1.807, 2.05) is 17.8 Å². The molecule has 0 saturated carbocycles. The number of benzene rings is 1. The number of carbonyl (C=O) groups is 2. The van der Waals surface area contributed by atoms with Gasteiger partial charge in [0, 0.05) is 16.2 Å². The number of hydrogen-bond acceptors (Lipinski definition) is 4. The van der Waals surface area contributed by atoms with Crippen molar-refractivity contribution in [2.75, 3.05) is 12.3 Å². The van der Waals surface area contributed by atoms with Crippen LogP contribution in [-0.2, 0) is 4.79 Å². The molecule has 22 heavy (non-hydrogen) atoms. The number of carboxylic acids is 1. The number of carbonyl (C=O) groups excluding carboxylic acids is 1. The molecule has 2 unspecified atom stereocenters. The predicted molar refractivity (Wildman–Crippen MR) is 91.8 cm³/mol. The SMILES string of the molecule is CC(Sc1ccccc1C(=O)NCC1(C)CCCS1)C(=O)O. The fourth-order valence-corrected chi connectivity index (χ4v) is 4.51. The van der Waals surface area contributed by atoms with Crippen LogP contribution in [0.1, 0.15) is 37.0 Å². The average molecular weight is 339 g/mol. The molecule has 2 rings (SSSR count). The lowest BCUT2D eigenvalue weighted by Crippen LogP contribution is -2.37. The summed E-state index contributed by atoms with van der Waals surface area (Å²) in [6.45, 7) is 4.44. The summed E-state index contributed by atoms with van der Waals surface area (Å²) in [4.78, 5) is 24.1. The molecule has 0 bridgehead atoms. The van der Waals surface area contributed by atoms with Gasteiger partial charge in [0.15, 0.2) is 0 Å². The first-order valence-corrected chi connectivity index (χ1v) is 9.18. The van der Waals surface area contributed by atoms with E-state index in [2.05, 4.69) is 12.2 Å². The van der Waals surface area contributed by atoms with E-state index in [1.54, 1.807) is 25.1 Å². The van der Waals surface area contributed by atoms with Gasteiger partial charge in [0.05, 0.1) is 5.56 Å². The third kappa shape index (κ3) is 4.43. The molecule has 1 aliphatic heterocycles. The number of nitrogens with one attached hydrogen (secondary N) is 1. The molecule has 0 radical (unpaired) electrons. The van der Waals surface area contributed by atoms with E-state index in [-0.39, 0.29) is 10.7 Å². The molecular weight excluding hydrogens is 318 g/mol. The van der Waals surface area contributed by atoms with Crippen LogP contribution in [0.2, 0.25) is 0 Å². The number of thioether (sulfide) groups is 2. The van der Waals surface area contributed by atoms with Crippen molar-refractivity contribution in [2.45, 2.75) is 41.6 Å². The zero-order valence-electron chi connectivity index (χ0n) is 12.8. The summed E-state index contributed by atoms with van der Waals surface area (Å²) in [6.07, 6.45) is 2.31. The minimum absolute atomic E-state index is 0.117. The van der Waals surface area contributed by atoms with Crippen LogP contribution < -0.4 is 5.32 Å². The lowest BCUT2D eigenvalue weighted by Gasteiger charge is -2.23. The Morgan fingerprint density at radius 3 is 2.82 bits per heavy atom. The molecule has 6 heteroatoms. The molecule has 1 saturated heterocycles. The van der Waals surface area contributed by atoms with Gasteiger partial charge in [-0.2, -0.15) is 11.8 Å². The van der Waals surface area contributed by atoms with Gasteiger partial charge in [-0.3, -0.25) is 9.59 Å². The smallest absolute Gasteiger partial charge is 0.316 e. The number of carboxylic acid groups (broad SMARTS) is 1. The van der Waals surface area contributed by atoms with Gasteiger partial charge in [0.25, 0.3) is 5.91 Å². The number of amides is 1. The van der Waals surface area contributed by atoms with Crippen LogP contribution in [-0.4, -0.2) is 39.3 Å². The Bertz CT molecular complexity index is 556. The highest BCUT2D eigenvalue weighted by Crippen LogP contribution is 2.37. The molecular formula is C16H21NO3S2. The molecule has 0 spiro atoms. The highest BCUT2D eigenvalue weighted by Gasteiger charge is 2.30. The van der Waals surface area contributed by atoms with Crippen LogP contribution in [0.5, 0.6) is 0 Å². The second kappa shape index (κ2) is 7.42. The molecule has 120 valence electrons. The van der Waals surface area contributed by atoms with Gasteiger partial charge >= 0.3 is 5.97 Å². The first kappa shape index (κ1) is 17.2. The highest BCUT2D eigenvalue weighted by molar-refractivity contribution is 8.01. The van der Waals surface area contributed by atoms with Gasteiger partial charge in [-0.05, 0) is 44.6 Å². The largest absolute Gasteiger partial charge is 0.480 e.